The van der Waals surface area contributed by atoms with E-state index in [2.05, 4.69) is 22.1 Å². The second-order valence-corrected chi connectivity index (χ2v) is 11.1. The third kappa shape index (κ3) is 10.3. The van der Waals surface area contributed by atoms with Crippen molar-refractivity contribution in [1.29, 1.82) is 0 Å². The van der Waals surface area contributed by atoms with E-state index < -0.39 is 72.9 Å². The van der Waals surface area contributed by atoms with Crippen molar-refractivity contribution in [3.63, 3.8) is 0 Å². The Labute approximate surface area is 256 Å². The highest BCUT2D eigenvalue weighted by atomic mass is 32.1. The van der Waals surface area contributed by atoms with Crippen LogP contribution in [-0.2, 0) is 35.2 Å². The van der Waals surface area contributed by atoms with Gasteiger partial charge in [0, 0.05) is 17.7 Å². The normalized spacial score (nSPS) is 12.8. The molecule has 232 valence electrons. The summed E-state index contributed by atoms with van der Waals surface area (Å²) < 4.78 is 0. The van der Waals surface area contributed by atoms with Crippen LogP contribution >= 0.6 is 11.3 Å². The molecule has 0 radical (unpaired) electrons. The number of amides is 3. The first-order valence-electron chi connectivity index (χ1n) is 13.7. The molecule has 3 atom stereocenters. The molecular formula is C31H33N3O9S. The lowest BCUT2D eigenvalue weighted by atomic mass is 9.94. The summed E-state index contributed by atoms with van der Waals surface area (Å²) in [5.41, 5.74) is 9.05. The number of rotatable bonds is 17. The number of nitrogens with two attached hydrogens (primary N) is 1. The Morgan fingerprint density at radius 3 is 1.86 bits per heavy atom. The molecule has 0 aliphatic carbocycles. The first kappa shape index (κ1) is 33.5. The fourth-order valence-electron chi connectivity index (χ4n) is 4.48. The van der Waals surface area contributed by atoms with Gasteiger partial charge in [0.15, 0.2) is 0 Å². The topological polar surface area (TPSA) is 213 Å². The second kappa shape index (κ2) is 16.0. The molecule has 0 spiro atoms. The van der Waals surface area contributed by atoms with Crippen LogP contribution in [0.3, 0.4) is 0 Å². The van der Waals surface area contributed by atoms with E-state index in [1.165, 1.54) is 0 Å². The number of benzene rings is 2. The zero-order valence-electron chi connectivity index (χ0n) is 23.6. The van der Waals surface area contributed by atoms with Gasteiger partial charge in [0.1, 0.15) is 12.1 Å². The van der Waals surface area contributed by atoms with Crippen molar-refractivity contribution in [3.05, 3.63) is 71.6 Å². The van der Waals surface area contributed by atoms with E-state index in [0.29, 0.717) is 5.56 Å². The molecule has 0 aliphatic heterocycles. The van der Waals surface area contributed by atoms with Gasteiger partial charge in [-0.2, -0.15) is 0 Å². The molecule has 3 aromatic rings. The van der Waals surface area contributed by atoms with E-state index in [9.17, 15) is 33.9 Å². The van der Waals surface area contributed by atoms with Crippen LogP contribution in [0.15, 0.2) is 66.0 Å². The predicted molar refractivity (Wildman–Crippen MR) is 161 cm³/mol. The molecule has 0 saturated carbocycles. The van der Waals surface area contributed by atoms with Crippen LogP contribution < -0.4 is 16.4 Å². The molecule has 1 heterocycles. The standard InChI is InChI=1S/C31H33N3O9S/c32-29(41)23(10-12-26(35)36)33-31(43)24(11-13-27(37)38)34-30(42)21(16-28(39)40)14-18-6-8-20(9-7-18)25-15-22(17-44-25)19-4-2-1-3-5-19/h1-9,15,17,21,23-24H,10-14,16H2,(H2,32,41)(H,33,43)(H,34,42)(H,35,36)(H,37,38)(H,39,40)/t21-,23?,24+/m1/s1. The van der Waals surface area contributed by atoms with E-state index in [1.807, 2.05) is 42.5 Å². The number of carboxylic acids is 3. The lowest BCUT2D eigenvalue weighted by Crippen LogP contribution is -2.54. The maximum Gasteiger partial charge on any atom is 0.304 e. The fraction of sp³-hybridized carbons (Fsp3) is 0.290. The summed E-state index contributed by atoms with van der Waals surface area (Å²) in [5.74, 6) is -7.58. The largest absolute Gasteiger partial charge is 0.481 e. The Kier molecular flexibility index (Phi) is 12.2. The number of aliphatic carboxylic acids is 3. The van der Waals surface area contributed by atoms with Crippen molar-refractivity contribution >= 4 is 47.0 Å². The molecule has 0 fully saturated rings. The lowest BCUT2D eigenvalue weighted by Gasteiger charge is -2.23. The van der Waals surface area contributed by atoms with Crippen molar-refractivity contribution < 1.29 is 44.1 Å². The van der Waals surface area contributed by atoms with Crippen LogP contribution in [-0.4, -0.2) is 63.0 Å². The molecular weight excluding hydrogens is 590 g/mol. The molecule has 3 rings (SSSR count). The monoisotopic (exact) mass is 623 g/mol. The van der Waals surface area contributed by atoms with Gasteiger partial charge in [-0.05, 0) is 53.0 Å². The Hall–Kier alpha value is -5.04. The minimum Gasteiger partial charge on any atom is -0.481 e. The predicted octanol–water partition coefficient (Wildman–Crippen LogP) is 2.90. The van der Waals surface area contributed by atoms with Gasteiger partial charge in [-0.15, -0.1) is 11.3 Å². The SMILES string of the molecule is NC(=O)C(CCC(=O)O)NC(=O)[C@H](CCC(=O)O)NC(=O)[C@@H](CC(=O)O)Cc1ccc(-c2cc(-c3ccccc3)cs2)cc1. The highest BCUT2D eigenvalue weighted by Crippen LogP contribution is 2.33. The third-order valence-corrected chi connectivity index (χ3v) is 7.78. The summed E-state index contributed by atoms with van der Waals surface area (Å²) in [7, 11) is 0. The van der Waals surface area contributed by atoms with E-state index in [4.69, 9.17) is 15.9 Å². The van der Waals surface area contributed by atoms with Crippen LogP contribution in [0.5, 0.6) is 0 Å². The van der Waals surface area contributed by atoms with Gasteiger partial charge >= 0.3 is 17.9 Å². The molecule has 0 aliphatic rings. The summed E-state index contributed by atoms with van der Waals surface area (Å²) >= 11 is 1.58. The molecule has 0 saturated heterocycles. The van der Waals surface area contributed by atoms with Crippen molar-refractivity contribution in [2.75, 3.05) is 0 Å². The highest BCUT2D eigenvalue weighted by Gasteiger charge is 2.30. The van der Waals surface area contributed by atoms with Crippen LogP contribution in [0.25, 0.3) is 21.6 Å². The average molecular weight is 624 g/mol. The van der Waals surface area contributed by atoms with Crippen molar-refractivity contribution in [2.45, 2.75) is 50.6 Å². The molecule has 44 heavy (non-hydrogen) atoms. The van der Waals surface area contributed by atoms with Gasteiger partial charge in [-0.25, -0.2) is 0 Å². The summed E-state index contributed by atoms with van der Waals surface area (Å²) in [6.07, 6.45) is -2.21. The van der Waals surface area contributed by atoms with Gasteiger partial charge in [0.25, 0.3) is 0 Å². The summed E-state index contributed by atoms with van der Waals surface area (Å²) in [6.45, 7) is 0. The van der Waals surface area contributed by atoms with E-state index >= 15 is 0 Å². The number of hydrogen-bond acceptors (Lipinski definition) is 7. The van der Waals surface area contributed by atoms with Crippen molar-refractivity contribution in [1.82, 2.24) is 10.6 Å². The fourth-order valence-corrected chi connectivity index (χ4v) is 5.40. The summed E-state index contributed by atoms with van der Waals surface area (Å²) in [6, 6.07) is 16.5. The maximum absolute atomic E-state index is 13.2. The van der Waals surface area contributed by atoms with Gasteiger partial charge in [-0.1, -0.05) is 54.6 Å². The van der Waals surface area contributed by atoms with E-state index in [1.54, 1.807) is 23.5 Å². The van der Waals surface area contributed by atoms with Gasteiger partial charge < -0.3 is 31.7 Å². The molecule has 2 aromatic carbocycles. The number of thiophene rings is 1. The van der Waals surface area contributed by atoms with Gasteiger partial charge in [-0.3, -0.25) is 28.8 Å². The minimum atomic E-state index is -1.44. The molecule has 12 nitrogen and oxygen atoms in total. The number of primary amides is 1. The number of nitrogens with one attached hydrogen (secondary N) is 2. The zero-order chi connectivity index (χ0) is 32.2. The molecule has 1 unspecified atom stereocenters. The summed E-state index contributed by atoms with van der Waals surface area (Å²) in [5, 5.41) is 34.2. The van der Waals surface area contributed by atoms with Crippen LogP contribution in [0.1, 0.15) is 37.7 Å². The minimum absolute atomic E-state index is 0.0217. The quantitative estimate of drug-likeness (QED) is 0.130. The van der Waals surface area contributed by atoms with Gasteiger partial charge in [0.2, 0.25) is 17.7 Å². The molecule has 13 heteroatoms. The van der Waals surface area contributed by atoms with Crippen LogP contribution in [0, 0.1) is 5.92 Å². The first-order valence-corrected chi connectivity index (χ1v) is 14.6. The number of carboxylic acid groups (broad SMARTS) is 3. The second-order valence-electron chi connectivity index (χ2n) is 10.2. The van der Waals surface area contributed by atoms with E-state index in [0.717, 1.165) is 21.6 Å². The Bertz CT molecular complexity index is 1490. The smallest absolute Gasteiger partial charge is 0.304 e. The Morgan fingerprint density at radius 1 is 0.705 bits per heavy atom. The van der Waals surface area contributed by atoms with E-state index in [-0.39, 0.29) is 19.3 Å². The summed E-state index contributed by atoms with van der Waals surface area (Å²) in [4.78, 5) is 72.6. The van der Waals surface area contributed by atoms with Crippen LogP contribution in [0.2, 0.25) is 0 Å². The lowest BCUT2D eigenvalue weighted by molar-refractivity contribution is -0.142. The van der Waals surface area contributed by atoms with Crippen LogP contribution in [0.4, 0.5) is 0 Å². The Morgan fingerprint density at radius 2 is 1.30 bits per heavy atom. The third-order valence-electron chi connectivity index (χ3n) is 6.81. The molecule has 3 amide bonds. The van der Waals surface area contributed by atoms with Gasteiger partial charge in [0.05, 0.1) is 12.3 Å². The highest BCUT2D eigenvalue weighted by molar-refractivity contribution is 7.14. The Balaban J connectivity index is 1.73. The number of carbonyl (C=O) groups is 6. The molecule has 7 N–H and O–H groups in total. The zero-order valence-corrected chi connectivity index (χ0v) is 24.4. The molecule has 0 bridgehead atoms. The van der Waals surface area contributed by atoms with Crippen molar-refractivity contribution in [3.8, 4) is 21.6 Å². The maximum atomic E-state index is 13.2. The first-order chi connectivity index (χ1) is 20.9. The number of carbonyl (C=O) groups excluding carboxylic acids is 3. The van der Waals surface area contributed by atoms with Crippen molar-refractivity contribution in [2.24, 2.45) is 11.7 Å². The average Bonchev–Trinajstić information content (AvgIpc) is 3.47. The number of hydrogen-bond donors (Lipinski definition) is 6. The molecule has 1 aromatic heterocycles.